The number of benzene rings is 2. The van der Waals surface area contributed by atoms with Crippen LogP contribution >= 0.6 is 11.8 Å². The van der Waals surface area contributed by atoms with E-state index in [0.29, 0.717) is 17.1 Å². The monoisotopic (exact) mass is 419 g/mol. The van der Waals surface area contributed by atoms with Gasteiger partial charge in [0.05, 0.1) is 17.0 Å². The van der Waals surface area contributed by atoms with Gasteiger partial charge in [0.1, 0.15) is 11.5 Å². The second-order valence-electron chi connectivity index (χ2n) is 6.81. The summed E-state index contributed by atoms with van der Waals surface area (Å²) < 4.78 is 5.74. The molecule has 0 radical (unpaired) electrons. The maximum absolute atomic E-state index is 12.7. The molecule has 3 aromatic rings. The Bertz CT molecular complexity index is 1180. The van der Waals surface area contributed by atoms with Crippen LogP contribution in [0, 0.1) is 6.92 Å². The third kappa shape index (κ3) is 3.92. The van der Waals surface area contributed by atoms with Gasteiger partial charge in [-0.25, -0.2) is 4.79 Å². The van der Waals surface area contributed by atoms with Gasteiger partial charge in [0.25, 0.3) is 11.1 Å². The standard InChI is InChI=1S/C23H17NO5S/c1-14-6-8-15(9-7-14)13-24-21(25)20(30-23(24)28)12-16-10-11-19(29-16)17-4-2-3-5-18(17)22(26)27/h2-12H,13H2,1H3,(H,26,27)/b20-12-. The molecule has 0 atom stereocenters. The van der Waals surface area contributed by atoms with Crippen LogP contribution in [-0.4, -0.2) is 27.1 Å². The quantitative estimate of drug-likeness (QED) is 0.573. The number of hydrogen-bond acceptors (Lipinski definition) is 5. The van der Waals surface area contributed by atoms with E-state index in [2.05, 4.69) is 0 Å². The molecule has 1 saturated heterocycles. The summed E-state index contributed by atoms with van der Waals surface area (Å²) >= 11 is 0.857. The van der Waals surface area contributed by atoms with Crippen LogP contribution in [0.1, 0.15) is 27.2 Å². The third-order valence-corrected chi connectivity index (χ3v) is 5.57. The lowest BCUT2D eigenvalue weighted by molar-refractivity contribution is -0.123. The number of aromatic carboxylic acids is 1. The van der Waals surface area contributed by atoms with E-state index in [1.54, 1.807) is 30.3 Å². The number of carbonyl (C=O) groups excluding carboxylic acids is 2. The molecule has 7 heteroatoms. The number of imide groups is 1. The Labute approximate surface area is 176 Å². The number of nitrogens with zero attached hydrogens (tertiary/aromatic N) is 1. The maximum atomic E-state index is 12.7. The van der Waals surface area contributed by atoms with Crippen molar-refractivity contribution < 1.29 is 23.9 Å². The number of carbonyl (C=O) groups is 3. The van der Waals surface area contributed by atoms with Gasteiger partial charge in [-0.3, -0.25) is 14.5 Å². The highest BCUT2D eigenvalue weighted by Crippen LogP contribution is 2.34. The number of thioether (sulfide) groups is 1. The molecular formula is C23H17NO5S. The highest BCUT2D eigenvalue weighted by atomic mass is 32.2. The van der Waals surface area contributed by atoms with Crippen LogP contribution in [0.15, 0.2) is 70.0 Å². The summed E-state index contributed by atoms with van der Waals surface area (Å²) in [6, 6.07) is 17.4. The molecular weight excluding hydrogens is 402 g/mol. The maximum Gasteiger partial charge on any atom is 0.336 e. The zero-order valence-corrected chi connectivity index (χ0v) is 16.8. The van der Waals surface area contributed by atoms with Gasteiger partial charge < -0.3 is 9.52 Å². The fraction of sp³-hybridized carbons (Fsp3) is 0.0870. The summed E-state index contributed by atoms with van der Waals surface area (Å²) in [4.78, 5) is 37.9. The van der Waals surface area contributed by atoms with Crippen molar-refractivity contribution in [3.63, 3.8) is 0 Å². The lowest BCUT2D eigenvalue weighted by Crippen LogP contribution is -2.27. The summed E-state index contributed by atoms with van der Waals surface area (Å²) in [5.41, 5.74) is 2.54. The van der Waals surface area contributed by atoms with Gasteiger partial charge in [-0.2, -0.15) is 0 Å². The van der Waals surface area contributed by atoms with E-state index in [1.807, 2.05) is 31.2 Å². The Morgan fingerprint density at radius 2 is 1.80 bits per heavy atom. The van der Waals surface area contributed by atoms with Gasteiger partial charge in [0, 0.05) is 11.6 Å². The van der Waals surface area contributed by atoms with Crippen LogP contribution < -0.4 is 0 Å². The zero-order chi connectivity index (χ0) is 21.3. The Hall–Kier alpha value is -3.58. The van der Waals surface area contributed by atoms with E-state index >= 15 is 0 Å². The molecule has 2 aromatic carbocycles. The van der Waals surface area contributed by atoms with E-state index in [4.69, 9.17) is 4.42 Å². The molecule has 1 aliphatic rings. The molecule has 150 valence electrons. The second-order valence-corrected chi connectivity index (χ2v) is 7.80. The third-order valence-electron chi connectivity index (χ3n) is 4.66. The fourth-order valence-corrected chi connectivity index (χ4v) is 3.92. The number of carboxylic acid groups (broad SMARTS) is 1. The number of aryl methyl sites for hydroxylation is 1. The topological polar surface area (TPSA) is 87.8 Å². The predicted molar refractivity (Wildman–Crippen MR) is 114 cm³/mol. The first-order valence-electron chi connectivity index (χ1n) is 9.16. The highest BCUT2D eigenvalue weighted by Gasteiger charge is 2.35. The Morgan fingerprint density at radius 1 is 1.07 bits per heavy atom. The molecule has 0 aliphatic carbocycles. The first-order valence-corrected chi connectivity index (χ1v) is 9.97. The second kappa shape index (κ2) is 8.04. The van der Waals surface area contributed by atoms with E-state index in [-0.39, 0.29) is 28.2 Å². The Kier molecular flexibility index (Phi) is 5.29. The first-order chi connectivity index (χ1) is 14.4. The van der Waals surface area contributed by atoms with Crippen LogP contribution in [0.3, 0.4) is 0 Å². The van der Waals surface area contributed by atoms with Gasteiger partial charge in [-0.05, 0) is 42.4 Å². The Balaban J connectivity index is 1.56. The predicted octanol–water partition coefficient (Wildman–Crippen LogP) is 5.19. The van der Waals surface area contributed by atoms with Crippen LogP contribution in [0.25, 0.3) is 17.4 Å². The summed E-state index contributed by atoms with van der Waals surface area (Å²) in [5, 5.41) is 9.01. The number of furan rings is 1. The SMILES string of the molecule is Cc1ccc(CN2C(=O)S/C(=C\c3ccc(-c4ccccc4C(=O)O)o3)C2=O)cc1. The number of rotatable bonds is 5. The molecule has 6 nitrogen and oxygen atoms in total. The molecule has 1 N–H and O–H groups in total. The van der Waals surface area contributed by atoms with E-state index in [9.17, 15) is 19.5 Å². The van der Waals surface area contributed by atoms with Gasteiger partial charge >= 0.3 is 5.97 Å². The summed E-state index contributed by atoms with van der Waals surface area (Å²) in [6.45, 7) is 2.18. The van der Waals surface area contributed by atoms with Crippen molar-refractivity contribution in [3.8, 4) is 11.3 Å². The van der Waals surface area contributed by atoms with Crippen molar-refractivity contribution >= 4 is 35.0 Å². The van der Waals surface area contributed by atoms with E-state index in [1.165, 1.54) is 17.0 Å². The zero-order valence-electron chi connectivity index (χ0n) is 16.0. The number of hydrogen-bond donors (Lipinski definition) is 1. The van der Waals surface area contributed by atoms with Crippen molar-refractivity contribution in [1.82, 2.24) is 4.90 Å². The molecule has 4 rings (SSSR count). The average Bonchev–Trinajstić information content (AvgIpc) is 3.30. The van der Waals surface area contributed by atoms with Gasteiger partial charge in [-0.15, -0.1) is 0 Å². The molecule has 1 aromatic heterocycles. The summed E-state index contributed by atoms with van der Waals surface area (Å²) in [7, 11) is 0. The summed E-state index contributed by atoms with van der Waals surface area (Å²) in [6.07, 6.45) is 1.51. The lowest BCUT2D eigenvalue weighted by atomic mass is 10.1. The molecule has 2 amide bonds. The minimum absolute atomic E-state index is 0.122. The normalized spacial score (nSPS) is 15.2. The number of carboxylic acids is 1. The summed E-state index contributed by atoms with van der Waals surface area (Å²) in [5.74, 6) is -0.695. The van der Waals surface area contributed by atoms with Gasteiger partial charge in [0.2, 0.25) is 0 Å². The van der Waals surface area contributed by atoms with Crippen LogP contribution in [0.5, 0.6) is 0 Å². The van der Waals surface area contributed by atoms with Crippen molar-refractivity contribution in [1.29, 1.82) is 0 Å². The smallest absolute Gasteiger partial charge is 0.336 e. The molecule has 0 unspecified atom stereocenters. The lowest BCUT2D eigenvalue weighted by Gasteiger charge is -2.12. The minimum Gasteiger partial charge on any atom is -0.478 e. The first kappa shape index (κ1) is 19.7. The van der Waals surface area contributed by atoms with E-state index < -0.39 is 5.97 Å². The largest absolute Gasteiger partial charge is 0.478 e. The molecule has 1 fully saturated rings. The van der Waals surface area contributed by atoms with Crippen LogP contribution in [0.2, 0.25) is 0 Å². The van der Waals surface area contributed by atoms with Crippen molar-refractivity contribution in [3.05, 3.63) is 88.0 Å². The average molecular weight is 419 g/mol. The molecule has 0 bridgehead atoms. The van der Waals surface area contributed by atoms with Crippen molar-refractivity contribution in [2.45, 2.75) is 13.5 Å². The van der Waals surface area contributed by atoms with E-state index in [0.717, 1.165) is 22.9 Å². The Morgan fingerprint density at radius 3 is 2.53 bits per heavy atom. The fourth-order valence-electron chi connectivity index (χ4n) is 3.10. The molecule has 0 saturated carbocycles. The molecule has 1 aliphatic heterocycles. The molecule has 0 spiro atoms. The van der Waals surface area contributed by atoms with Crippen LogP contribution in [0.4, 0.5) is 4.79 Å². The van der Waals surface area contributed by atoms with Crippen molar-refractivity contribution in [2.24, 2.45) is 0 Å². The molecule has 30 heavy (non-hydrogen) atoms. The van der Waals surface area contributed by atoms with Gasteiger partial charge in [0.15, 0.2) is 0 Å². The van der Waals surface area contributed by atoms with Gasteiger partial charge in [-0.1, -0.05) is 48.0 Å². The highest BCUT2D eigenvalue weighted by molar-refractivity contribution is 8.18. The molecule has 2 heterocycles. The number of amides is 2. The van der Waals surface area contributed by atoms with Crippen molar-refractivity contribution in [2.75, 3.05) is 0 Å². The van der Waals surface area contributed by atoms with Crippen LogP contribution in [-0.2, 0) is 11.3 Å². The minimum atomic E-state index is -1.05.